The first-order valence-corrected chi connectivity index (χ1v) is 9.60. The lowest BCUT2D eigenvalue weighted by atomic mass is 10.2. The molecule has 2 aromatic heterocycles. The quantitative estimate of drug-likeness (QED) is 0.763. The third-order valence-electron chi connectivity index (χ3n) is 4.91. The number of piperazine rings is 1. The summed E-state index contributed by atoms with van der Waals surface area (Å²) >= 11 is 0. The number of amides is 2. The summed E-state index contributed by atoms with van der Waals surface area (Å²) in [6, 6.07) is 0. The van der Waals surface area contributed by atoms with Crippen molar-refractivity contribution in [2.45, 2.75) is 32.7 Å². The molecule has 0 aromatic carbocycles. The SMILES string of the molecule is Cc1cn(CC(C)OC(N)=O)cc1C(=O)N1CCN(c2ncc(C(F)(F)F)cn2)CC1. The average molecular weight is 440 g/mol. The Kier molecular flexibility index (Phi) is 6.37. The fourth-order valence-corrected chi connectivity index (χ4v) is 3.40. The third kappa shape index (κ3) is 5.44. The number of anilines is 1. The molecule has 1 aliphatic heterocycles. The van der Waals surface area contributed by atoms with Crippen molar-refractivity contribution in [2.24, 2.45) is 5.73 Å². The number of nitrogens with zero attached hydrogens (tertiary/aromatic N) is 5. The molecule has 168 valence electrons. The van der Waals surface area contributed by atoms with Gasteiger partial charge < -0.3 is 24.8 Å². The third-order valence-corrected chi connectivity index (χ3v) is 4.91. The predicted octanol–water partition coefficient (Wildman–Crippen LogP) is 2.05. The molecule has 2 N–H and O–H groups in total. The standard InChI is InChI=1S/C19H23F3N6O3/c1-12-9-26(10-13(2)31-17(23)30)11-15(12)16(29)27-3-5-28(6-4-27)18-24-7-14(8-25-18)19(20,21)22/h7-9,11,13H,3-6,10H2,1-2H3,(H2,23,30). The topological polar surface area (TPSA) is 107 Å². The van der Waals surface area contributed by atoms with E-state index in [-0.39, 0.29) is 11.9 Å². The second-order valence-electron chi connectivity index (χ2n) is 7.35. The van der Waals surface area contributed by atoms with Crippen molar-refractivity contribution in [2.75, 3.05) is 31.1 Å². The van der Waals surface area contributed by atoms with Crippen LogP contribution in [-0.2, 0) is 17.5 Å². The van der Waals surface area contributed by atoms with Crippen LogP contribution < -0.4 is 10.6 Å². The van der Waals surface area contributed by atoms with E-state index in [0.717, 1.165) is 18.0 Å². The van der Waals surface area contributed by atoms with Crippen molar-refractivity contribution in [3.8, 4) is 0 Å². The highest BCUT2D eigenvalue weighted by molar-refractivity contribution is 5.95. The van der Waals surface area contributed by atoms with Crippen LogP contribution in [0.3, 0.4) is 0 Å². The van der Waals surface area contributed by atoms with Crippen molar-refractivity contribution in [1.82, 2.24) is 19.4 Å². The molecular formula is C19H23F3N6O3. The second-order valence-corrected chi connectivity index (χ2v) is 7.35. The van der Waals surface area contributed by atoms with E-state index in [2.05, 4.69) is 9.97 Å². The monoisotopic (exact) mass is 440 g/mol. The Labute approximate surface area is 176 Å². The highest BCUT2D eigenvalue weighted by atomic mass is 19.4. The number of aryl methyl sites for hydroxylation is 1. The van der Waals surface area contributed by atoms with Gasteiger partial charge in [0.2, 0.25) is 5.95 Å². The zero-order valence-electron chi connectivity index (χ0n) is 17.1. The van der Waals surface area contributed by atoms with E-state index in [1.165, 1.54) is 0 Å². The maximum atomic E-state index is 12.9. The van der Waals surface area contributed by atoms with Crippen LogP contribution in [0.5, 0.6) is 0 Å². The summed E-state index contributed by atoms with van der Waals surface area (Å²) in [5.74, 6) is 0.0542. The zero-order valence-corrected chi connectivity index (χ0v) is 17.1. The van der Waals surface area contributed by atoms with Crippen molar-refractivity contribution in [1.29, 1.82) is 0 Å². The molecule has 0 aliphatic carbocycles. The summed E-state index contributed by atoms with van der Waals surface area (Å²) < 4.78 is 44.6. The van der Waals surface area contributed by atoms with E-state index < -0.39 is 23.9 Å². The molecule has 0 spiro atoms. The lowest BCUT2D eigenvalue weighted by Crippen LogP contribution is -2.49. The molecule has 2 aromatic rings. The number of carbonyl (C=O) groups excluding carboxylic acids is 2. The Bertz CT molecular complexity index is 936. The Morgan fingerprint density at radius 3 is 2.32 bits per heavy atom. The Morgan fingerprint density at radius 1 is 1.16 bits per heavy atom. The van der Waals surface area contributed by atoms with Gasteiger partial charge in [-0.05, 0) is 19.4 Å². The van der Waals surface area contributed by atoms with E-state index in [1.54, 1.807) is 33.7 Å². The first-order chi connectivity index (χ1) is 14.5. The van der Waals surface area contributed by atoms with Gasteiger partial charge in [0.1, 0.15) is 6.10 Å². The first-order valence-electron chi connectivity index (χ1n) is 9.60. The number of halogens is 3. The summed E-state index contributed by atoms with van der Waals surface area (Å²) in [5, 5.41) is 0. The van der Waals surface area contributed by atoms with Gasteiger partial charge in [0.05, 0.1) is 17.7 Å². The molecule has 1 atom stereocenters. The molecular weight excluding hydrogens is 417 g/mol. The van der Waals surface area contributed by atoms with Crippen molar-refractivity contribution >= 4 is 17.9 Å². The molecule has 9 nitrogen and oxygen atoms in total. The number of primary amides is 1. The molecule has 0 saturated carbocycles. The Morgan fingerprint density at radius 2 is 1.77 bits per heavy atom. The van der Waals surface area contributed by atoms with Crippen LogP contribution in [0.4, 0.5) is 23.9 Å². The van der Waals surface area contributed by atoms with E-state index in [0.29, 0.717) is 38.3 Å². The lowest BCUT2D eigenvalue weighted by Gasteiger charge is -2.34. The van der Waals surface area contributed by atoms with E-state index in [9.17, 15) is 22.8 Å². The predicted molar refractivity (Wildman–Crippen MR) is 104 cm³/mol. The number of rotatable bonds is 5. The number of alkyl halides is 3. The maximum Gasteiger partial charge on any atom is 0.419 e. The fraction of sp³-hybridized carbons (Fsp3) is 0.474. The molecule has 2 amide bonds. The molecule has 31 heavy (non-hydrogen) atoms. The normalized spacial score (nSPS) is 15.6. The van der Waals surface area contributed by atoms with Crippen molar-refractivity contribution < 1.29 is 27.5 Å². The van der Waals surface area contributed by atoms with Gasteiger partial charge in [-0.3, -0.25) is 4.79 Å². The van der Waals surface area contributed by atoms with Gasteiger partial charge in [0, 0.05) is 51.0 Å². The number of carbonyl (C=O) groups is 2. The Hall–Kier alpha value is -3.31. The van der Waals surface area contributed by atoms with Crippen LogP contribution in [-0.4, -0.2) is 63.7 Å². The average Bonchev–Trinajstić information content (AvgIpc) is 3.06. The van der Waals surface area contributed by atoms with Gasteiger partial charge in [0.25, 0.3) is 5.91 Å². The largest absolute Gasteiger partial charge is 0.445 e. The summed E-state index contributed by atoms with van der Waals surface area (Å²) in [4.78, 5) is 34.8. The second kappa shape index (κ2) is 8.82. The summed E-state index contributed by atoms with van der Waals surface area (Å²) in [5.41, 5.74) is 5.43. The number of nitrogens with two attached hydrogens (primary N) is 1. The molecule has 0 radical (unpaired) electrons. The van der Waals surface area contributed by atoms with Gasteiger partial charge in [-0.15, -0.1) is 0 Å². The van der Waals surface area contributed by atoms with Crippen molar-refractivity contribution in [3.63, 3.8) is 0 Å². The van der Waals surface area contributed by atoms with Crippen LogP contribution in [0.1, 0.15) is 28.4 Å². The number of hydrogen-bond acceptors (Lipinski definition) is 6. The highest BCUT2D eigenvalue weighted by Gasteiger charge is 2.32. The van der Waals surface area contributed by atoms with Gasteiger partial charge >= 0.3 is 12.3 Å². The minimum atomic E-state index is -4.48. The molecule has 3 heterocycles. The van der Waals surface area contributed by atoms with Gasteiger partial charge in [0.15, 0.2) is 0 Å². The van der Waals surface area contributed by atoms with Crippen LogP contribution in [0, 0.1) is 6.92 Å². The zero-order chi connectivity index (χ0) is 22.8. The molecule has 1 fully saturated rings. The molecule has 3 rings (SSSR count). The van der Waals surface area contributed by atoms with Crippen LogP contribution in [0.15, 0.2) is 24.8 Å². The smallest absolute Gasteiger partial charge is 0.419 e. The van der Waals surface area contributed by atoms with Crippen LogP contribution in [0.2, 0.25) is 0 Å². The maximum absolute atomic E-state index is 12.9. The minimum Gasteiger partial charge on any atom is -0.445 e. The molecule has 0 bridgehead atoms. The van der Waals surface area contributed by atoms with Crippen molar-refractivity contribution in [3.05, 3.63) is 41.5 Å². The van der Waals surface area contributed by atoms with Gasteiger partial charge in [-0.2, -0.15) is 13.2 Å². The summed E-state index contributed by atoms with van der Waals surface area (Å²) in [6.45, 7) is 5.45. The summed E-state index contributed by atoms with van der Waals surface area (Å²) in [7, 11) is 0. The summed E-state index contributed by atoms with van der Waals surface area (Å²) in [6.07, 6.45) is -0.780. The van der Waals surface area contributed by atoms with Crippen LogP contribution >= 0.6 is 0 Å². The Balaban J connectivity index is 1.59. The molecule has 12 heteroatoms. The number of hydrogen-bond donors (Lipinski definition) is 1. The van der Waals surface area contributed by atoms with Gasteiger partial charge in [-0.1, -0.05) is 0 Å². The highest BCUT2D eigenvalue weighted by Crippen LogP contribution is 2.28. The fourth-order valence-electron chi connectivity index (χ4n) is 3.40. The number of ether oxygens (including phenoxy) is 1. The van der Waals surface area contributed by atoms with E-state index >= 15 is 0 Å². The first kappa shape index (κ1) is 22.4. The van der Waals surface area contributed by atoms with E-state index in [4.69, 9.17) is 10.5 Å². The lowest BCUT2D eigenvalue weighted by molar-refractivity contribution is -0.138. The molecule has 1 unspecified atom stereocenters. The molecule has 1 saturated heterocycles. The number of aromatic nitrogens is 3. The molecule has 1 aliphatic rings. The van der Waals surface area contributed by atoms with Crippen LogP contribution in [0.25, 0.3) is 0 Å². The van der Waals surface area contributed by atoms with E-state index in [1.807, 2.05) is 6.92 Å². The minimum absolute atomic E-state index is 0.146. The van der Waals surface area contributed by atoms with Gasteiger partial charge in [-0.25, -0.2) is 14.8 Å².